The fraction of sp³-hybridized carbons (Fsp3) is 0.562. The lowest BCUT2D eigenvalue weighted by Crippen LogP contribution is -2.70. The molecule has 3 fully saturated rings. The summed E-state index contributed by atoms with van der Waals surface area (Å²) in [6, 6.07) is 15.0. The summed E-state index contributed by atoms with van der Waals surface area (Å²) in [5, 5.41) is -0.109. The Morgan fingerprint density at radius 1 is 1.09 bits per heavy atom. The molecule has 11 heteroatoms. The second kappa shape index (κ2) is 10.8. The Balaban J connectivity index is 1.63. The van der Waals surface area contributed by atoms with Gasteiger partial charge in [-0.2, -0.15) is 0 Å². The number of nitrogens with zero attached hydrogens (tertiary/aromatic N) is 1. The Hall–Kier alpha value is -2.57. The van der Waals surface area contributed by atoms with Crippen LogP contribution in [-0.4, -0.2) is 75.4 Å². The maximum atomic E-state index is 14.9. The minimum absolute atomic E-state index is 0.0412. The molecule has 7 atom stereocenters. The largest absolute Gasteiger partial charge is 0.459 e. The zero-order chi connectivity index (χ0) is 31.6. The number of amides is 1. The molecule has 3 aliphatic heterocycles. The number of sulfone groups is 1. The van der Waals surface area contributed by atoms with Crippen molar-refractivity contribution in [2.75, 3.05) is 7.11 Å². The number of fused-ring (bicyclic) bond motifs is 3. The number of hydrogen-bond donors (Lipinski definition) is 0. The first kappa shape index (κ1) is 31.8. The van der Waals surface area contributed by atoms with E-state index in [-0.39, 0.29) is 28.9 Å². The molecule has 2 aromatic rings. The molecule has 2 aromatic carbocycles. The van der Waals surface area contributed by atoms with Gasteiger partial charge in [0.05, 0.1) is 23.0 Å². The van der Waals surface area contributed by atoms with Crippen LogP contribution in [0.2, 0.25) is 18.1 Å². The topological polar surface area (TPSA) is 108 Å². The lowest BCUT2D eigenvalue weighted by molar-refractivity contribution is -0.203. The zero-order valence-corrected chi connectivity index (χ0v) is 28.0. The molecule has 43 heavy (non-hydrogen) atoms. The van der Waals surface area contributed by atoms with Gasteiger partial charge in [0.15, 0.2) is 30.5 Å². The molecule has 3 heterocycles. The number of methoxy groups -OCH3 is 1. The highest BCUT2D eigenvalue weighted by atomic mass is 32.2. The second-order valence-electron chi connectivity index (χ2n) is 13.6. The summed E-state index contributed by atoms with van der Waals surface area (Å²) in [7, 11) is -5.16. The number of hydrogen-bond acceptors (Lipinski definition) is 8. The number of β-lactam (4-membered cyclic amide) rings is 1. The Kier molecular flexibility index (Phi) is 8.00. The van der Waals surface area contributed by atoms with Crippen molar-refractivity contribution in [2.45, 2.75) is 105 Å². The van der Waals surface area contributed by atoms with E-state index in [2.05, 4.69) is 33.9 Å². The molecule has 0 bridgehead atoms. The molecule has 0 radical (unpaired) electrons. The molecule has 3 saturated heterocycles. The molecule has 0 N–H and O–H groups in total. The lowest BCUT2D eigenvalue weighted by atomic mass is 9.74. The van der Waals surface area contributed by atoms with Crippen LogP contribution in [0.5, 0.6) is 0 Å². The standard InChI is InChI=1S/C32H43NO8SSi/c1-21(41-43(7,8)30(2,3)4)25-26-31(5)32(19-24(38-6)40-31,42(36,37)23-17-13-10-14-18-23)27(33(26)28(25)34)29(35)39-20-22-15-11-9-12-16-22/h9-18,21,24-27H,19-20H2,1-8H3/t21-,24-,25-,26+,27+,31-,32-/m1/s1. The smallest absolute Gasteiger partial charge is 0.331 e. The van der Waals surface area contributed by atoms with E-state index >= 15 is 0 Å². The zero-order valence-electron chi connectivity index (χ0n) is 26.2. The third kappa shape index (κ3) is 4.70. The van der Waals surface area contributed by atoms with Gasteiger partial charge in [0.2, 0.25) is 5.91 Å². The van der Waals surface area contributed by atoms with Crippen LogP contribution < -0.4 is 0 Å². The molecule has 0 aliphatic carbocycles. The van der Waals surface area contributed by atoms with E-state index in [0.717, 1.165) is 5.56 Å². The Labute approximate surface area is 255 Å². The van der Waals surface area contributed by atoms with E-state index in [1.54, 1.807) is 25.1 Å². The van der Waals surface area contributed by atoms with Gasteiger partial charge in [-0.1, -0.05) is 69.3 Å². The third-order valence-corrected chi connectivity index (χ3v) is 17.4. The first-order chi connectivity index (χ1) is 20.0. The highest BCUT2D eigenvalue weighted by molar-refractivity contribution is 7.93. The molecule has 9 nitrogen and oxygen atoms in total. The van der Waals surface area contributed by atoms with Crippen LogP contribution in [0.3, 0.4) is 0 Å². The van der Waals surface area contributed by atoms with Crippen molar-refractivity contribution >= 4 is 30.0 Å². The van der Waals surface area contributed by atoms with Crippen LogP contribution >= 0.6 is 0 Å². The average Bonchev–Trinajstić information content (AvgIpc) is 3.35. The highest BCUT2D eigenvalue weighted by Gasteiger charge is 2.85. The second-order valence-corrected chi connectivity index (χ2v) is 20.6. The number of ether oxygens (including phenoxy) is 3. The van der Waals surface area contributed by atoms with Gasteiger partial charge in [0.25, 0.3) is 0 Å². The SMILES string of the molecule is CO[C@H]1C[C@@]2(S(=O)(=O)c3ccccc3)[C@H](C(=O)OCc3ccccc3)N3C(=O)[C@H]([C@@H](C)O[Si](C)(C)C(C)(C)C)[C@H]3[C@@]2(C)O1. The van der Waals surface area contributed by atoms with E-state index in [4.69, 9.17) is 18.6 Å². The minimum Gasteiger partial charge on any atom is -0.459 e. The molecular weight excluding hydrogens is 587 g/mol. The molecular formula is C32H43NO8SSi. The van der Waals surface area contributed by atoms with Crippen molar-refractivity contribution in [3.05, 3.63) is 66.2 Å². The third-order valence-electron chi connectivity index (χ3n) is 10.2. The van der Waals surface area contributed by atoms with E-state index in [1.807, 2.05) is 37.3 Å². The van der Waals surface area contributed by atoms with Gasteiger partial charge < -0.3 is 23.5 Å². The number of carbonyl (C=O) groups is 2. The van der Waals surface area contributed by atoms with Crippen molar-refractivity contribution < 1.29 is 36.6 Å². The van der Waals surface area contributed by atoms with Crippen molar-refractivity contribution in [1.29, 1.82) is 0 Å². The van der Waals surface area contributed by atoms with Crippen LogP contribution in [0.25, 0.3) is 0 Å². The van der Waals surface area contributed by atoms with Crippen LogP contribution in [0.1, 0.15) is 46.6 Å². The maximum Gasteiger partial charge on any atom is 0.331 e. The van der Waals surface area contributed by atoms with Crippen LogP contribution in [0.15, 0.2) is 65.6 Å². The number of carbonyl (C=O) groups excluding carboxylic acids is 2. The fourth-order valence-electron chi connectivity index (χ4n) is 6.97. The van der Waals surface area contributed by atoms with Gasteiger partial charge >= 0.3 is 5.97 Å². The summed E-state index contributed by atoms with van der Waals surface area (Å²) in [5.41, 5.74) is -0.752. The summed E-state index contributed by atoms with van der Waals surface area (Å²) in [6.07, 6.45) is -1.59. The van der Waals surface area contributed by atoms with E-state index < -0.39 is 64.9 Å². The quantitative estimate of drug-likeness (QED) is 0.223. The lowest BCUT2D eigenvalue weighted by Gasteiger charge is -2.52. The maximum absolute atomic E-state index is 14.9. The van der Waals surface area contributed by atoms with Crippen molar-refractivity contribution in [2.24, 2.45) is 5.92 Å². The first-order valence-electron chi connectivity index (χ1n) is 14.7. The molecule has 3 aliphatic rings. The molecule has 0 unspecified atom stereocenters. The van der Waals surface area contributed by atoms with Crippen LogP contribution in [-0.2, 0) is 44.7 Å². The van der Waals surface area contributed by atoms with Crippen molar-refractivity contribution in [3.8, 4) is 0 Å². The number of rotatable bonds is 9. The summed E-state index contributed by atoms with van der Waals surface area (Å²) < 4.78 is 52.4. The molecule has 5 rings (SSSR count). The van der Waals surface area contributed by atoms with Gasteiger partial charge in [-0.3, -0.25) is 4.79 Å². The van der Waals surface area contributed by atoms with E-state index in [0.29, 0.717) is 0 Å². The predicted molar refractivity (Wildman–Crippen MR) is 163 cm³/mol. The molecule has 234 valence electrons. The monoisotopic (exact) mass is 629 g/mol. The van der Waals surface area contributed by atoms with E-state index in [9.17, 15) is 18.0 Å². The van der Waals surface area contributed by atoms with Crippen LogP contribution in [0, 0.1) is 5.92 Å². The summed E-state index contributed by atoms with van der Waals surface area (Å²) in [6.45, 7) is 14.1. The first-order valence-corrected chi connectivity index (χ1v) is 19.1. The molecule has 0 aromatic heterocycles. The predicted octanol–water partition coefficient (Wildman–Crippen LogP) is 4.71. The van der Waals surface area contributed by atoms with E-state index in [1.165, 1.54) is 24.1 Å². The van der Waals surface area contributed by atoms with Crippen molar-refractivity contribution in [1.82, 2.24) is 4.90 Å². The molecule has 1 amide bonds. The summed E-state index contributed by atoms with van der Waals surface area (Å²) in [4.78, 5) is 29.7. The Bertz CT molecular complexity index is 1480. The summed E-state index contributed by atoms with van der Waals surface area (Å²) in [5.74, 6) is -1.84. The fourth-order valence-corrected chi connectivity index (χ4v) is 10.9. The van der Waals surface area contributed by atoms with Gasteiger partial charge in [-0.25, -0.2) is 13.2 Å². The molecule has 0 spiro atoms. The average molecular weight is 630 g/mol. The summed E-state index contributed by atoms with van der Waals surface area (Å²) >= 11 is 0. The Morgan fingerprint density at radius 3 is 2.23 bits per heavy atom. The van der Waals surface area contributed by atoms with Gasteiger partial charge in [0, 0.05) is 13.5 Å². The molecule has 0 saturated carbocycles. The van der Waals surface area contributed by atoms with Gasteiger partial charge in [0.1, 0.15) is 17.0 Å². The normalized spacial score (nSPS) is 31.3. The van der Waals surface area contributed by atoms with Crippen molar-refractivity contribution in [3.63, 3.8) is 0 Å². The van der Waals surface area contributed by atoms with Gasteiger partial charge in [-0.15, -0.1) is 0 Å². The van der Waals surface area contributed by atoms with Gasteiger partial charge in [-0.05, 0) is 49.7 Å². The highest BCUT2D eigenvalue weighted by Crippen LogP contribution is 2.64. The van der Waals surface area contributed by atoms with Crippen LogP contribution in [0.4, 0.5) is 0 Å². The minimum atomic E-state index is -4.30. The number of esters is 1. The number of benzene rings is 2. The Morgan fingerprint density at radius 2 is 1.67 bits per heavy atom.